The molecule has 2 aromatic rings. The fourth-order valence-corrected chi connectivity index (χ4v) is 3.56. The molecule has 0 N–H and O–H groups in total. The Morgan fingerprint density at radius 2 is 1.62 bits per heavy atom. The van der Waals surface area contributed by atoms with Crippen LogP contribution in [0.2, 0.25) is 0 Å². The highest BCUT2D eigenvalue weighted by Gasteiger charge is 2.33. The van der Waals surface area contributed by atoms with E-state index in [-0.39, 0.29) is 0 Å². The minimum atomic E-state index is 0.663. The van der Waals surface area contributed by atoms with Crippen LogP contribution in [0.15, 0.2) is 30.9 Å². The molecule has 0 aliphatic carbocycles. The number of nitrogens with zero attached hydrogens (tertiary/aromatic N) is 8. The quantitative estimate of drug-likeness (QED) is 0.762. The zero-order valence-electron chi connectivity index (χ0n) is 15.5. The molecule has 2 saturated heterocycles. The fraction of sp³-hybridized carbons (Fsp3) is 0.556. The van der Waals surface area contributed by atoms with E-state index in [0.29, 0.717) is 6.04 Å². The maximum atomic E-state index is 4.40. The third kappa shape index (κ3) is 3.76. The minimum absolute atomic E-state index is 0.663. The zero-order valence-corrected chi connectivity index (χ0v) is 15.5. The third-order valence-electron chi connectivity index (χ3n) is 5.10. The number of piperazine rings is 1. The molecule has 2 aliphatic heterocycles. The molecular formula is C18H26N8. The van der Waals surface area contributed by atoms with Gasteiger partial charge in [0.25, 0.3) is 0 Å². The van der Waals surface area contributed by atoms with Gasteiger partial charge in [0.1, 0.15) is 0 Å². The minimum Gasteiger partial charge on any atom is -0.347 e. The Bertz CT molecular complexity index is 691. The molecule has 0 saturated carbocycles. The van der Waals surface area contributed by atoms with Gasteiger partial charge in [-0.1, -0.05) is 0 Å². The van der Waals surface area contributed by atoms with Gasteiger partial charge in [-0.05, 0) is 6.07 Å². The summed E-state index contributed by atoms with van der Waals surface area (Å²) in [5.74, 6) is 1.61. The van der Waals surface area contributed by atoms with Crippen LogP contribution in [-0.4, -0.2) is 89.1 Å². The molecule has 2 fully saturated rings. The van der Waals surface area contributed by atoms with Gasteiger partial charge in [0.2, 0.25) is 11.9 Å². The summed E-state index contributed by atoms with van der Waals surface area (Å²) < 4.78 is 0. The Kier molecular flexibility index (Phi) is 4.94. The monoisotopic (exact) mass is 354 g/mol. The number of aromatic nitrogens is 4. The third-order valence-corrected chi connectivity index (χ3v) is 5.10. The average Bonchev–Trinajstić information content (AvgIpc) is 2.66. The van der Waals surface area contributed by atoms with E-state index in [1.54, 1.807) is 0 Å². The molecule has 0 spiro atoms. The molecule has 8 nitrogen and oxygen atoms in total. The lowest BCUT2D eigenvalue weighted by molar-refractivity contribution is 0.0254. The lowest BCUT2D eigenvalue weighted by Gasteiger charge is -2.48. The summed E-state index contributed by atoms with van der Waals surface area (Å²) in [5, 5.41) is 0. The van der Waals surface area contributed by atoms with Gasteiger partial charge in [0.05, 0.1) is 0 Å². The standard InChI is InChI=1S/C18H26N8/c1-23(2)17-21-10-15(11-22-17)12-24-13-16(14-24)25-6-8-26(9-7-25)18-19-4-3-5-20-18/h3-5,10-11,16H,6-9,12-14H2,1-2H3. The van der Waals surface area contributed by atoms with Gasteiger partial charge in [0.15, 0.2) is 0 Å². The predicted octanol–water partition coefficient (Wildman–Crippen LogP) is 0.339. The van der Waals surface area contributed by atoms with E-state index in [2.05, 4.69) is 34.6 Å². The van der Waals surface area contributed by atoms with E-state index in [0.717, 1.165) is 57.7 Å². The van der Waals surface area contributed by atoms with Gasteiger partial charge in [-0.25, -0.2) is 19.9 Å². The highest BCUT2D eigenvalue weighted by Crippen LogP contribution is 2.20. The number of hydrogen-bond donors (Lipinski definition) is 0. The summed E-state index contributed by atoms with van der Waals surface area (Å²) in [4.78, 5) is 26.8. The van der Waals surface area contributed by atoms with Gasteiger partial charge in [-0.15, -0.1) is 0 Å². The predicted molar refractivity (Wildman–Crippen MR) is 101 cm³/mol. The summed E-state index contributed by atoms with van der Waals surface area (Å²) in [6.45, 7) is 7.34. The molecule has 0 aromatic carbocycles. The summed E-state index contributed by atoms with van der Waals surface area (Å²) in [7, 11) is 3.91. The highest BCUT2D eigenvalue weighted by molar-refractivity contribution is 5.29. The van der Waals surface area contributed by atoms with Gasteiger partial charge in [0, 0.05) is 96.3 Å². The molecule has 2 aromatic heterocycles. The van der Waals surface area contributed by atoms with Crippen LogP contribution >= 0.6 is 0 Å². The second-order valence-corrected chi connectivity index (χ2v) is 7.21. The second kappa shape index (κ2) is 7.51. The van der Waals surface area contributed by atoms with Crippen molar-refractivity contribution >= 4 is 11.9 Å². The summed E-state index contributed by atoms with van der Waals surface area (Å²) in [5.41, 5.74) is 1.18. The zero-order chi connectivity index (χ0) is 17.9. The molecule has 0 unspecified atom stereocenters. The fourth-order valence-electron chi connectivity index (χ4n) is 3.56. The highest BCUT2D eigenvalue weighted by atomic mass is 15.4. The van der Waals surface area contributed by atoms with Gasteiger partial charge in [-0.2, -0.15) is 0 Å². The number of anilines is 2. The van der Waals surface area contributed by atoms with Crippen LogP contribution < -0.4 is 9.80 Å². The SMILES string of the molecule is CN(C)c1ncc(CN2CC(N3CCN(c4ncccn4)CC3)C2)cn1. The topological polar surface area (TPSA) is 64.5 Å². The first kappa shape index (κ1) is 17.1. The van der Waals surface area contributed by atoms with Gasteiger partial charge >= 0.3 is 0 Å². The molecule has 4 heterocycles. The summed E-state index contributed by atoms with van der Waals surface area (Å²) >= 11 is 0. The van der Waals surface area contributed by atoms with Crippen molar-refractivity contribution in [2.45, 2.75) is 12.6 Å². The van der Waals surface area contributed by atoms with Gasteiger partial charge in [-0.3, -0.25) is 9.80 Å². The van der Waals surface area contributed by atoms with Crippen molar-refractivity contribution < 1.29 is 0 Å². The van der Waals surface area contributed by atoms with Crippen molar-refractivity contribution in [3.05, 3.63) is 36.4 Å². The largest absolute Gasteiger partial charge is 0.347 e. The Morgan fingerprint density at radius 1 is 0.962 bits per heavy atom. The first-order valence-electron chi connectivity index (χ1n) is 9.15. The molecule has 0 bridgehead atoms. The summed E-state index contributed by atoms with van der Waals surface area (Å²) in [6, 6.07) is 2.53. The Morgan fingerprint density at radius 3 is 2.23 bits per heavy atom. The smallest absolute Gasteiger partial charge is 0.225 e. The van der Waals surface area contributed by atoms with Crippen molar-refractivity contribution in [1.82, 2.24) is 29.7 Å². The van der Waals surface area contributed by atoms with Crippen molar-refractivity contribution in [1.29, 1.82) is 0 Å². The average molecular weight is 354 g/mol. The maximum absolute atomic E-state index is 4.40. The van der Waals surface area contributed by atoms with E-state index < -0.39 is 0 Å². The Balaban J connectivity index is 1.22. The van der Waals surface area contributed by atoms with E-state index in [4.69, 9.17) is 0 Å². The van der Waals surface area contributed by atoms with Crippen molar-refractivity contribution in [2.75, 3.05) is 63.2 Å². The van der Waals surface area contributed by atoms with E-state index >= 15 is 0 Å². The number of likely N-dealkylation sites (tertiary alicyclic amines) is 1. The Labute approximate surface area is 154 Å². The molecule has 2 aliphatic rings. The molecule has 138 valence electrons. The van der Waals surface area contributed by atoms with Crippen LogP contribution in [0.1, 0.15) is 5.56 Å². The maximum Gasteiger partial charge on any atom is 0.225 e. The molecule has 0 radical (unpaired) electrons. The van der Waals surface area contributed by atoms with Crippen molar-refractivity contribution in [3.8, 4) is 0 Å². The second-order valence-electron chi connectivity index (χ2n) is 7.21. The molecule has 0 amide bonds. The van der Waals surface area contributed by atoms with E-state index in [1.165, 1.54) is 5.56 Å². The molecule has 4 rings (SSSR count). The first-order valence-corrected chi connectivity index (χ1v) is 9.15. The molecule has 0 atom stereocenters. The van der Waals surface area contributed by atoms with Crippen molar-refractivity contribution in [3.63, 3.8) is 0 Å². The van der Waals surface area contributed by atoms with Crippen LogP contribution in [-0.2, 0) is 6.54 Å². The van der Waals surface area contributed by atoms with Crippen LogP contribution in [0.25, 0.3) is 0 Å². The van der Waals surface area contributed by atoms with Gasteiger partial charge < -0.3 is 9.80 Å². The summed E-state index contributed by atoms with van der Waals surface area (Å²) in [6.07, 6.45) is 7.50. The van der Waals surface area contributed by atoms with E-state index in [9.17, 15) is 0 Å². The van der Waals surface area contributed by atoms with Crippen LogP contribution in [0.4, 0.5) is 11.9 Å². The van der Waals surface area contributed by atoms with Crippen LogP contribution in [0.5, 0.6) is 0 Å². The molecule has 26 heavy (non-hydrogen) atoms. The van der Waals surface area contributed by atoms with Crippen molar-refractivity contribution in [2.24, 2.45) is 0 Å². The lowest BCUT2D eigenvalue weighted by Crippen LogP contribution is -2.62. The van der Waals surface area contributed by atoms with Crippen LogP contribution in [0.3, 0.4) is 0 Å². The molecular weight excluding hydrogens is 328 g/mol. The number of hydrogen-bond acceptors (Lipinski definition) is 8. The van der Waals surface area contributed by atoms with E-state index in [1.807, 2.05) is 49.8 Å². The van der Waals surface area contributed by atoms with Crippen LogP contribution in [0, 0.1) is 0 Å². The number of rotatable bonds is 5. The normalized spacial score (nSPS) is 19.4. The lowest BCUT2D eigenvalue weighted by atomic mass is 10.1. The molecule has 8 heteroatoms. The first-order chi connectivity index (χ1) is 12.7. The Hall–Kier alpha value is -2.32.